The van der Waals surface area contributed by atoms with E-state index >= 15 is 0 Å². The maximum atomic E-state index is 6.47. The van der Waals surface area contributed by atoms with E-state index in [4.69, 9.17) is 15.2 Å². The van der Waals surface area contributed by atoms with Crippen LogP contribution in [0.5, 0.6) is 11.5 Å². The third-order valence-corrected chi connectivity index (χ3v) is 4.89. The average molecular weight is 370 g/mol. The molecule has 21 heavy (non-hydrogen) atoms. The molecule has 1 atom stereocenters. The van der Waals surface area contributed by atoms with E-state index in [1.54, 1.807) is 25.6 Å². The molecule has 5 heteroatoms. The fourth-order valence-corrected chi connectivity index (χ4v) is 4.04. The molecule has 0 saturated carbocycles. The molecule has 2 aromatic rings. The summed E-state index contributed by atoms with van der Waals surface area (Å²) >= 11 is 5.22. The molecule has 0 radical (unpaired) electrons. The Kier molecular flexibility index (Phi) is 5.30. The lowest BCUT2D eigenvalue weighted by Gasteiger charge is -2.24. The van der Waals surface area contributed by atoms with Gasteiger partial charge in [0.1, 0.15) is 0 Å². The van der Waals surface area contributed by atoms with Gasteiger partial charge in [-0.2, -0.15) is 0 Å². The topological polar surface area (TPSA) is 44.5 Å². The van der Waals surface area contributed by atoms with E-state index in [1.165, 1.54) is 4.88 Å². The Morgan fingerprint density at radius 1 is 1.10 bits per heavy atom. The molecule has 0 fully saturated rings. The lowest BCUT2D eigenvalue weighted by Crippen LogP contribution is -2.40. The highest BCUT2D eigenvalue weighted by Gasteiger charge is 2.21. The number of nitrogens with two attached hydrogens (primary N) is 1. The minimum absolute atomic E-state index is 0.302. The van der Waals surface area contributed by atoms with Crippen molar-refractivity contribution in [3.8, 4) is 11.5 Å². The zero-order valence-corrected chi connectivity index (χ0v) is 14.9. The van der Waals surface area contributed by atoms with Gasteiger partial charge < -0.3 is 15.2 Å². The van der Waals surface area contributed by atoms with E-state index in [0.29, 0.717) is 0 Å². The Bertz CT molecular complexity index is 610. The molecular weight excluding hydrogens is 350 g/mol. The van der Waals surface area contributed by atoms with Crippen molar-refractivity contribution in [3.05, 3.63) is 44.6 Å². The van der Waals surface area contributed by atoms with Crippen LogP contribution in [-0.2, 0) is 12.8 Å². The molecule has 1 aromatic heterocycles. The lowest BCUT2D eigenvalue weighted by atomic mass is 9.90. The van der Waals surface area contributed by atoms with E-state index in [9.17, 15) is 0 Å². The Balaban J connectivity index is 2.12. The van der Waals surface area contributed by atoms with Crippen molar-refractivity contribution in [1.29, 1.82) is 0 Å². The maximum absolute atomic E-state index is 6.47. The molecule has 0 saturated heterocycles. The van der Waals surface area contributed by atoms with Gasteiger partial charge in [0.05, 0.1) is 18.0 Å². The zero-order chi connectivity index (χ0) is 15.5. The molecule has 1 unspecified atom stereocenters. The van der Waals surface area contributed by atoms with Crippen LogP contribution in [0.2, 0.25) is 0 Å². The summed E-state index contributed by atoms with van der Waals surface area (Å²) in [7, 11) is 3.28. The fraction of sp³-hybridized carbons (Fsp3) is 0.375. The first kappa shape index (κ1) is 16.3. The van der Waals surface area contributed by atoms with Crippen molar-refractivity contribution in [3.63, 3.8) is 0 Å². The molecule has 3 nitrogen and oxygen atoms in total. The first-order chi connectivity index (χ1) is 9.93. The molecule has 1 aromatic carbocycles. The second-order valence-corrected chi connectivity index (χ2v) is 7.95. The summed E-state index contributed by atoms with van der Waals surface area (Å²) in [4.78, 5) is 1.28. The van der Waals surface area contributed by atoms with Crippen molar-refractivity contribution < 1.29 is 9.47 Å². The Morgan fingerprint density at radius 2 is 1.81 bits per heavy atom. The molecule has 2 N–H and O–H groups in total. The molecule has 0 aliphatic rings. The van der Waals surface area contributed by atoms with Crippen molar-refractivity contribution >= 4 is 27.3 Å². The van der Waals surface area contributed by atoms with Gasteiger partial charge in [0.15, 0.2) is 11.5 Å². The van der Waals surface area contributed by atoms with Gasteiger partial charge in [0.25, 0.3) is 0 Å². The van der Waals surface area contributed by atoms with E-state index in [0.717, 1.165) is 33.7 Å². The SMILES string of the molecule is COc1ccc(CC(C)(N)Cc2ccc(Br)s2)cc1OC. The predicted molar refractivity (Wildman–Crippen MR) is 91.6 cm³/mol. The summed E-state index contributed by atoms with van der Waals surface area (Å²) in [5.41, 5.74) is 7.32. The number of benzene rings is 1. The van der Waals surface area contributed by atoms with Crippen LogP contribution in [0.3, 0.4) is 0 Å². The van der Waals surface area contributed by atoms with Crippen molar-refractivity contribution in [2.75, 3.05) is 14.2 Å². The normalized spacial score (nSPS) is 13.8. The number of halogens is 1. The standard InChI is InChI=1S/C16H20BrNO2S/c1-16(18,10-12-5-7-15(17)21-12)9-11-4-6-13(19-2)14(8-11)20-3/h4-8H,9-10,18H2,1-3H3. The average Bonchev–Trinajstić information content (AvgIpc) is 2.82. The van der Waals surface area contributed by atoms with Crippen molar-refractivity contribution in [2.45, 2.75) is 25.3 Å². The second kappa shape index (κ2) is 6.81. The van der Waals surface area contributed by atoms with Crippen LogP contribution < -0.4 is 15.2 Å². The second-order valence-electron chi connectivity index (χ2n) is 5.40. The Hall–Kier alpha value is -1.04. The van der Waals surface area contributed by atoms with Gasteiger partial charge in [-0.05, 0) is 65.5 Å². The summed E-state index contributed by atoms with van der Waals surface area (Å²) < 4.78 is 11.7. The lowest BCUT2D eigenvalue weighted by molar-refractivity contribution is 0.354. The molecule has 0 aliphatic carbocycles. The largest absolute Gasteiger partial charge is 0.493 e. The maximum Gasteiger partial charge on any atom is 0.160 e. The van der Waals surface area contributed by atoms with Gasteiger partial charge >= 0.3 is 0 Å². The quantitative estimate of drug-likeness (QED) is 0.835. The minimum atomic E-state index is -0.302. The van der Waals surface area contributed by atoms with Crippen molar-refractivity contribution in [1.82, 2.24) is 0 Å². The van der Waals surface area contributed by atoms with Crippen LogP contribution in [0.25, 0.3) is 0 Å². The molecule has 2 rings (SSSR count). The molecule has 114 valence electrons. The monoisotopic (exact) mass is 369 g/mol. The summed E-state index contributed by atoms with van der Waals surface area (Å²) in [5, 5.41) is 0. The third-order valence-electron chi connectivity index (χ3n) is 3.26. The number of hydrogen-bond donors (Lipinski definition) is 1. The first-order valence-corrected chi connectivity index (χ1v) is 8.28. The summed E-state index contributed by atoms with van der Waals surface area (Å²) in [6, 6.07) is 10.1. The predicted octanol–water partition coefficient (Wildman–Crippen LogP) is 4.03. The van der Waals surface area contributed by atoms with Crippen LogP contribution in [0.4, 0.5) is 0 Å². The highest BCUT2D eigenvalue weighted by Crippen LogP contribution is 2.30. The van der Waals surface area contributed by atoms with Gasteiger partial charge in [-0.15, -0.1) is 11.3 Å². The van der Waals surface area contributed by atoms with E-state index < -0.39 is 0 Å². The summed E-state index contributed by atoms with van der Waals surface area (Å²) in [6.07, 6.45) is 1.63. The van der Waals surface area contributed by atoms with Gasteiger partial charge in [-0.3, -0.25) is 0 Å². The van der Waals surface area contributed by atoms with Gasteiger partial charge in [-0.25, -0.2) is 0 Å². The van der Waals surface area contributed by atoms with Crippen LogP contribution >= 0.6 is 27.3 Å². The summed E-state index contributed by atoms with van der Waals surface area (Å²) in [6.45, 7) is 2.08. The number of thiophene rings is 1. The number of ether oxygens (including phenoxy) is 2. The molecular formula is C16H20BrNO2S. The number of hydrogen-bond acceptors (Lipinski definition) is 4. The zero-order valence-electron chi connectivity index (χ0n) is 12.5. The number of methoxy groups -OCH3 is 2. The first-order valence-electron chi connectivity index (χ1n) is 6.67. The van der Waals surface area contributed by atoms with Crippen LogP contribution in [-0.4, -0.2) is 19.8 Å². The van der Waals surface area contributed by atoms with E-state index in [-0.39, 0.29) is 5.54 Å². The Labute approximate surface area is 138 Å². The van der Waals surface area contributed by atoms with E-state index in [1.807, 2.05) is 18.2 Å². The molecule has 0 spiro atoms. The smallest absolute Gasteiger partial charge is 0.160 e. The highest BCUT2D eigenvalue weighted by molar-refractivity contribution is 9.11. The molecule has 0 amide bonds. The minimum Gasteiger partial charge on any atom is -0.493 e. The van der Waals surface area contributed by atoms with Gasteiger partial charge in [0.2, 0.25) is 0 Å². The third kappa shape index (κ3) is 4.46. The van der Waals surface area contributed by atoms with Crippen LogP contribution in [0.1, 0.15) is 17.4 Å². The van der Waals surface area contributed by atoms with Gasteiger partial charge in [-0.1, -0.05) is 6.07 Å². The molecule has 1 heterocycles. The molecule has 0 aliphatic heterocycles. The van der Waals surface area contributed by atoms with Gasteiger partial charge in [0, 0.05) is 10.4 Å². The molecule has 0 bridgehead atoms. The highest BCUT2D eigenvalue weighted by atomic mass is 79.9. The van der Waals surface area contributed by atoms with Crippen LogP contribution in [0, 0.1) is 0 Å². The fourth-order valence-electron chi connectivity index (χ4n) is 2.36. The number of rotatable bonds is 6. The van der Waals surface area contributed by atoms with E-state index in [2.05, 4.69) is 35.0 Å². The summed E-state index contributed by atoms with van der Waals surface area (Å²) in [5.74, 6) is 1.48. The Morgan fingerprint density at radius 3 is 2.38 bits per heavy atom. The van der Waals surface area contributed by atoms with Crippen LogP contribution in [0.15, 0.2) is 34.1 Å². The van der Waals surface area contributed by atoms with Crippen molar-refractivity contribution in [2.24, 2.45) is 5.73 Å².